The summed E-state index contributed by atoms with van der Waals surface area (Å²) in [4.78, 5) is 2.03. The van der Waals surface area contributed by atoms with E-state index in [1.807, 2.05) is 29.2 Å². The zero-order valence-corrected chi connectivity index (χ0v) is 16.8. The molecule has 0 radical (unpaired) electrons. The number of β-amino-alcohol motifs (C(OH)–C–C–N with tert-alkyl or cyclic N) is 1. The molecular weight excluding hydrogens is 358 g/mol. The zero-order chi connectivity index (χ0) is 20.1. The topological polar surface area (TPSA) is 85.0 Å². The number of hydrogen-bond acceptors (Lipinski definition) is 7. The molecule has 1 aliphatic heterocycles. The van der Waals surface area contributed by atoms with Gasteiger partial charge in [0.2, 0.25) is 0 Å². The first-order chi connectivity index (χ1) is 13.3. The van der Waals surface area contributed by atoms with E-state index in [-0.39, 0.29) is 5.41 Å². The standard InChI is InChI=1S/C20H25N5O3/c1-20(2,3)19-22-21-16-8-9-17(23-25(16)19)24-10-12-14(27-4)6-7-15(28-5)18(12)13(26)11-24/h6-9,13,26H,10-11H2,1-5H3. The molecule has 28 heavy (non-hydrogen) atoms. The monoisotopic (exact) mass is 383 g/mol. The van der Waals surface area contributed by atoms with Crippen LogP contribution in [0.2, 0.25) is 0 Å². The Morgan fingerprint density at radius 3 is 2.43 bits per heavy atom. The van der Waals surface area contributed by atoms with Crippen LogP contribution in [0, 0.1) is 0 Å². The van der Waals surface area contributed by atoms with Crippen LogP contribution in [0.25, 0.3) is 5.65 Å². The largest absolute Gasteiger partial charge is 0.496 e. The summed E-state index contributed by atoms with van der Waals surface area (Å²) in [5, 5.41) is 24.1. The molecule has 0 amide bonds. The smallest absolute Gasteiger partial charge is 0.178 e. The van der Waals surface area contributed by atoms with Crippen molar-refractivity contribution in [2.45, 2.75) is 38.8 Å². The summed E-state index contributed by atoms with van der Waals surface area (Å²) < 4.78 is 12.8. The van der Waals surface area contributed by atoms with Gasteiger partial charge in [-0.1, -0.05) is 20.8 Å². The predicted molar refractivity (Wildman–Crippen MR) is 105 cm³/mol. The van der Waals surface area contributed by atoms with Crippen LogP contribution in [-0.2, 0) is 12.0 Å². The molecule has 0 saturated heterocycles. The summed E-state index contributed by atoms with van der Waals surface area (Å²) in [7, 11) is 3.24. The maximum absolute atomic E-state index is 10.8. The predicted octanol–water partition coefficient (Wildman–Crippen LogP) is 2.49. The zero-order valence-electron chi connectivity index (χ0n) is 16.8. The van der Waals surface area contributed by atoms with Crippen molar-refractivity contribution in [1.29, 1.82) is 0 Å². The third-order valence-corrected chi connectivity index (χ3v) is 5.03. The van der Waals surface area contributed by atoms with Gasteiger partial charge in [-0.05, 0) is 24.3 Å². The molecule has 0 saturated carbocycles. The minimum absolute atomic E-state index is 0.185. The van der Waals surface area contributed by atoms with Crippen molar-refractivity contribution in [3.05, 3.63) is 41.2 Å². The van der Waals surface area contributed by atoms with Crippen molar-refractivity contribution < 1.29 is 14.6 Å². The van der Waals surface area contributed by atoms with E-state index in [1.165, 1.54) is 0 Å². The maximum Gasteiger partial charge on any atom is 0.178 e. The van der Waals surface area contributed by atoms with Crippen LogP contribution in [0.4, 0.5) is 5.82 Å². The van der Waals surface area contributed by atoms with E-state index in [1.54, 1.807) is 18.7 Å². The number of anilines is 1. The number of methoxy groups -OCH3 is 2. The van der Waals surface area contributed by atoms with E-state index in [2.05, 4.69) is 31.0 Å². The van der Waals surface area contributed by atoms with E-state index in [0.29, 0.717) is 24.5 Å². The van der Waals surface area contributed by atoms with Crippen molar-refractivity contribution in [1.82, 2.24) is 19.8 Å². The molecule has 0 aliphatic carbocycles. The lowest BCUT2D eigenvalue weighted by atomic mass is 9.95. The lowest BCUT2D eigenvalue weighted by Crippen LogP contribution is -2.35. The minimum Gasteiger partial charge on any atom is -0.496 e. The summed E-state index contributed by atoms with van der Waals surface area (Å²) in [6.07, 6.45) is -0.714. The summed E-state index contributed by atoms with van der Waals surface area (Å²) >= 11 is 0. The van der Waals surface area contributed by atoms with Crippen molar-refractivity contribution in [3.63, 3.8) is 0 Å². The summed E-state index contributed by atoms with van der Waals surface area (Å²) in [5.41, 5.74) is 2.20. The quantitative estimate of drug-likeness (QED) is 0.744. The lowest BCUT2D eigenvalue weighted by Gasteiger charge is -2.34. The molecule has 0 bridgehead atoms. The van der Waals surface area contributed by atoms with Gasteiger partial charge in [-0.2, -0.15) is 4.52 Å². The maximum atomic E-state index is 10.8. The second kappa shape index (κ2) is 6.63. The average Bonchev–Trinajstić information content (AvgIpc) is 3.10. The van der Waals surface area contributed by atoms with Crippen LogP contribution in [0.3, 0.4) is 0 Å². The number of hydrogen-bond donors (Lipinski definition) is 1. The van der Waals surface area contributed by atoms with E-state index >= 15 is 0 Å². The Hall–Kier alpha value is -2.87. The summed E-state index contributed by atoms with van der Waals surface area (Å²) in [5.74, 6) is 2.93. The number of aliphatic hydroxyl groups is 1. The highest BCUT2D eigenvalue weighted by Crippen LogP contribution is 2.40. The van der Waals surface area contributed by atoms with E-state index in [4.69, 9.17) is 14.6 Å². The van der Waals surface area contributed by atoms with Gasteiger partial charge in [0.25, 0.3) is 0 Å². The Balaban J connectivity index is 1.78. The number of fused-ring (bicyclic) bond motifs is 2. The van der Waals surface area contributed by atoms with Gasteiger partial charge < -0.3 is 19.5 Å². The van der Waals surface area contributed by atoms with Gasteiger partial charge >= 0.3 is 0 Å². The van der Waals surface area contributed by atoms with Crippen LogP contribution in [0.1, 0.15) is 43.8 Å². The molecular formula is C20H25N5O3. The van der Waals surface area contributed by atoms with Gasteiger partial charge in [0, 0.05) is 23.1 Å². The third kappa shape index (κ3) is 2.93. The first-order valence-electron chi connectivity index (χ1n) is 9.23. The van der Waals surface area contributed by atoms with Crippen molar-refractivity contribution in [2.75, 3.05) is 25.7 Å². The van der Waals surface area contributed by atoms with Crippen molar-refractivity contribution in [2.24, 2.45) is 0 Å². The Morgan fingerprint density at radius 2 is 1.75 bits per heavy atom. The van der Waals surface area contributed by atoms with Crippen LogP contribution >= 0.6 is 0 Å². The number of nitrogens with zero attached hydrogens (tertiary/aromatic N) is 5. The summed E-state index contributed by atoms with van der Waals surface area (Å²) in [6, 6.07) is 7.49. The molecule has 1 unspecified atom stereocenters. The van der Waals surface area contributed by atoms with Gasteiger partial charge in [0.1, 0.15) is 23.4 Å². The van der Waals surface area contributed by atoms with Crippen LogP contribution in [0.5, 0.6) is 11.5 Å². The van der Waals surface area contributed by atoms with Gasteiger partial charge in [-0.3, -0.25) is 0 Å². The fourth-order valence-electron chi connectivity index (χ4n) is 3.67. The molecule has 2 aromatic heterocycles. The first-order valence-corrected chi connectivity index (χ1v) is 9.23. The molecule has 0 fully saturated rings. The van der Waals surface area contributed by atoms with Gasteiger partial charge in [-0.15, -0.1) is 15.3 Å². The number of rotatable bonds is 3. The Morgan fingerprint density at radius 1 is 1.04 bits per heavy atom. The molecule has 1 aliphatic rings. The molecule has 1 N–H and O–H groups in total. The summed E-state index contributed by atoms with van der Waals surface area (Å²) in [6.45, 7) is 7.20. The van der Waals surface area contributed by atoms with Crippen molar-refractivity contribution in [3.8, 4) is 11.5 Å². The number of benzene rings is 1. The first kappa shape index (κ1) is 18.5. The number of ether oxygens (including phenoxy) is 2. The molecule has 1 aromatic carbocycles. The van der Waals surface area contributed by atoms with E-state index < -0.39 is 6.10 Å². The fraction of sp³-hybridized carbons (Fsp3) is 0.450. The Kier molecular flexibility index (Phi) is 4.38. The minimum atomic E-state index is -0.714. The lowest BCUT2D eigenvalue weighted by molar-refractivity contribution is 0.169. The average molecular weight is 383 g/mol. The SMILES string of the molecule is COc1ccc(OC)c2c1CN(c1ccc3nnc(C(C)(C)C)n3n1)CC2O. The second-order valence-corrected chi connectivity index (χ2v) is 7.99. The fourth-order valence-corrected chi connectivity index (χ4v) is 3.67. The highest BCUT2D eigenvalue weighted by atomic mass is 16.5. The molecule has 8 nitrogen and oxygen atoms in total. The molecule has 148 valence electrons. The molecule has 8 heteroatoms. The highest BCUT2D eigenvalue weighted by molar-refractivity contribution is 5.56. The Labute approximate surface area is 163 Å². The van der Waals surface area contributed by atoms with Gasteiger partial charge in [0.05, 0.1) is 20.8 Å². The molecule has 0 spiro atoms. The molecule has 3 aromatic rings. The number of aromatic nitrogens is 4. The van der Waals surface area contributed by atoms with Crippen LogP contribution in [-0.4, -0.2) is 45.7 Å². The Bertz CT molecular complexity index is 1020. The van der Waals surface area contributed by atoms with E-state index in [9.17, 15) is 5.11 Å². The molecule has 4 rings (SSSR count). The van der Waals surface area contributed by atoms with Crippen molar-refractivity contribution >= 4 is 11.5 Å². The molecule has 1 atom stereocenters. The van der Waals surface area contributed by atoms with Crippen LogP contribution < -0.4 is 14.4 Å². The molecule has 3 heterocycles. The normalized spacial score (nSPS) is 16.9. The highest BCUT2D eigenvalue weighted by Gasteiger charge is 2.31. The second-order valence-electron chi connectivity index (χ2n) is 7.99. The third-order valence-electron chi connectivity index (χ3n) is 5.03. The van der Waals surface area contributed by atoms with Gasteiger partial charge in [-0.25, -0.2) is 0 Å². The van der Waals surface area contributed by atoms with Crippen LogP contribution in [0.15, 0.2) is 24.3 Å². The number of aliphatic hydroxyl groups excluding tert-OH is 1. The van der Waals surface area contributed by atoms with E-state index in [0.717, 1.165) is 28.5 Å². The van der Waals surface area contributed by atoms with Gasteiger partial charge in [0.15, 0.2) is 11.5 Å².